The second kappa shape index (κ2) is 0.406. The molecular weight excluding hydrogens is 73.5 g/mol. The van der Waals surface area contributed by atoms with E-state index in [0.717, 1.165) is 5.16 Å². The molecule has 0 fully saturated rings. The molecule has 0 saturated carbocycles. The van der Waals surface area contributed by atoms with Gasteiger partial charge in [0.1, 0.15) is 5.16 Å². The third-order valence-corrected chi connectivity index (χ3v) is 0.472. The lowest BCUT2D eigenvalue weighted by atomic mass is 11.3. The fourth-order valence-corrected chi connectivity index (χ4v) is 0.0818. The van der Waals surface area contributed by atoms with Crippen LogP contribution < -0.4 is 5.32 Å². The van der Waals surface area contributed by atoms with Crippen molar-refractivity contribution in [2.24, 2.45) is 0 Å². The second-order valence-electron chi connectivity index (χ2n) is 0.637. The van der Waals surface area contributed by atoms with Gasteiger partial charge >= 0.3 is 0 Å². The first-order chi connectivity index (χ1) is 1.89. The fraction of sp³-hybridized carbons (Fsp3) is 0. The maximum Gasteiger partial charge on any atom is 0.122 e. The van der Waals surface area contributed by atoms with E-state index in [0.29, 0.717) is 0 Å². The molecule has 1 nitrogen and oxygen atoms in total. The van der Waals surface area contributed by atoms with Crippen LogP contribution in [0.5, 0.6) is 0 Å². The maximum atomic E-state index is 5.14. The summed E-state index contributed by atoms with van der Waals surface area (Å²) in [7, 11) is 0. The molecule has 22 valence electrons. The smallest absolute Gasteiger partial charge is 0.122 e. The Hall–Kier alpha value is -0.170. The van der Waals surface area contributed by atoms with Crippen LogP contribution in [0.1, 0.15) is 0 Å². The van der Waals surface area contributed by atoms with E-state index >= 15 is 0 Å². The van der Waals surface area contributed by atoms with E-state index in [-0.39, 0.29) is 0 Å². The van der Waals surface area contributed by atoms with Crippen molar-refractivity contribution in [2.75, 3.05) is 0 Å². The van der Waals surface area contributed by atoms with E-state index in [9.17, 15) is 0 Å². The van der Waals surface area contributed by atoms with Crippen molar-refractivity contribution in [1.82, 2.24) is 5.32 Å². The van der Waals surface area contributed by atoms with Gasteiger partial charge in [0.05, 0.1) is 0 Å². The summed E-state index contributed by atoms with van der Waals surface area (Å²) in [5.41, 5.74) is 0. The second-order valence-corrected chi connectivity index (χ2v) is 1.04. The quantitative estimate of drug-likeness (QED) is 0.419. The number of hydrogen-bond donors (Lipinski definition) is 1. The van der Waals surface area contributed by atoms with Crippen molar-refractivity contribution in [1.29, 1.82) is 0 Å². The highest BCUT2D eigenvalue weighted by atomic mass is 35.5. The molecule has 4 heavy (non-hydrogen) atoms. The van der Waals surface area contributed by atoms with Crippen molar-refractivity contribution in [3.05, 3.63) is 11.4 Å². The minimum Gasteiger partial charge on any atom is -0.348 e. The van der Waals surface area contributed by atoms with Gasteiger partial charge in [-0.15, -0.1) is 0 Å². The number of rotatable bonds is 0. The Balaban J connectivity index is 2.54. The molecule has 0 atom stereocenters. The van der Waals surface area contributed by atoms with Gasteiger partial charge in [0.15, 0.2) is 0 Å². The summed E-state index contributed by atoms with van der Waals surface area (Å²) in [6, 6.07) is 0. The summed E-state index contributed by atoms with van der Waals surface area (Å²) in [5, 5.41) is 3.42. The van der Waals surface area contributed by atoms with Crippen LogP contribution in [0.4, 0.5) is 0 Å². The molecule has 0 unspecified atom stereocenters. The van der Waals surface area contributed by atoms with Crippen LogP contribution in [-0.4, -0.2) is 0 Å². The summed E-state index contributed by atoms with van der Waals surface area (Å²) >= 11 is 5.14. The summed E-state index contributed by atoms with van der Waals surface area (Å²) in [6.45, 7) is 0. The highest BCUT2D eigenvalue weighted by Gasteiger charge is 1.95. The monoisotopic (exact) mass is 75.0 g/mol. The lowest BCUT2D eigenvalue weighted by Crippen LogP contribution is -1.62. The number of nitrogens with one attached hydrogen (secondary N) is 1. The maximum absolute atomic E-state index is 5.14. The number of hydrogen-bond acceptors (Lipinski definition) is 1. The molecule has 0 amide bonds. The molecule has 0 aromatic rings. The van der Waals surface area contributed by atoms with Crippen LogP contribution in [0.25, 0.3) is 0 Å². The Morgan fingerprint density at radius 3 is 2.25 bits per heavy atom. The molecule has 0 radical (unpaired) electrons. The lowest BCUT2D eigenvalue weighted by molar-refractivity contribution is 1.42. The zero-order valence-electron chi connectivity index (χ0n) is 1.96. The average Bonchev–Trinajstić information content (AvgIpc) is 1.75. The normalized spacial score (nSPS) is 17.8. The van der Waals surface area contributed by atoms with Crippen LogP contribution in [-0.2, 0) is 0 Å². The first-order valence-corrected chi connectivity index (χ1v) is 1.39. The minimum atomic E-state index is 0.764. The summed E-state index contributed by atoms with van der Waals surface area (Å²) in [6.07, 6.45) is 1.72. The molecule has 1 rings (SSSR count). The van der Waals surface area contributed by atoms with Crippen LogP contribution in [0.15, 0.2) is 11.4 Å². The van der Waals surface area contributed by atoms with E-state index in [4.69, 9.17) is 11.6 Å². The van der Waals surface area contributed by atoms with Gasteiger partial charge in [0.2, 0.25) is 0 Å². The van der Waals surface area contributed by atoms with Crippen molar-refractivity contribution < 1.29 is 0 Å². The lowest BCUT2D eigenvalue weighted by Gasteiger charge is -1.49. The predicted octanol–water partition coefficient (Wildman–Crippen LogP) is 0.627. The molecule has 1 heterocycles. The van der Waals surface area contributed by atoms with E-state index in [1.165, 1.54) is 0 Å². The summed E-state index contributed by atoms with van der Waals surface area (Å²) < 4.78 is 0. The SMILES string of the molecule is ClC1=CN1. The van der Waals surface area contributed by atoms with Gasteiger partial charge in [-0.05, 0) is 0 Å². The largest absolute Gasteiger partial charge is 0.348 e. The zero-order chi connectivity index (χ0) is 2.99. The first kappa shape index (κ1) is 2.09. The Kier molecular flexibility index (Phi) is 0.212. The van der Waals surface area contributed by atoms with E-state index in [1.807, 2.05) is 0 Å². The van der Waals surface area contributed by atoms with Crippen LogP contribution >= 0.6 is 11.6 Å². The average molecular weight is 75.5 g/mol. The van der Waals surface area contributed by atoms with Gasteiger partial charge < -0.3 is 5.32 Å². The van der Waals surface area contributed by atoms with Crippen molar-refractivity contribution in [3.63, 3.8) is 0 Å². The third kappa shape index (κ3) is 0.157. The molecule has 1 aliphatic heterocycles. The molecule has 0 saturated heterocycles. The van der Waals surface area contributed by atoms with Crippen LogP contribution in [0.2, 0.25) is 0 Å². The van der Waals surface area contributed by atoms with E-state index in [1.54, 1.807) is 6.20 Å². The molecular formula is C2H2ClN. The van der Waals surface area contributed by atoms with Gasteiger partial charge in [-0.25, -0.2) is 0 Å². The van der Waals surface area contributed by atoms with E-state index in [2.05, 4.69) is 5.32 Å². The number of halogens is 1. The third-order valence-electron chi connectivity index (χ3n) is 0.253. The Morgan fingerprint density at radius 2 is 2.25 bits per heavy atom. The molecule has 0 bridgehead atoms. The minimum absolute atomic E-state index is 0.764. The molecule has 0 aromatic heterocycles. The molecule has 1 aliphatic rings. The standard InChI is InChI=1S/C2H2ClN/c3-2-1-4-2/h1,4H. The predicted molar refractivity (Wildman–Crippen MR) is 17.1 cm³/mol. The highest BCUT2D eigenvalue weighted by Crippen LogP contribution is 2.03. The first-order valence-electron chi connectivity index (χ1n) is 1.02. The van der Waals surface area contributed by atoms with Crippen molar-refractivity contribution in [2.45, 2.75) is 0 Å². The van der Waals surface area contributed by atoms with Gasteiger partial charge in [-0.3, -0.25) is 0 Å². The Bertz CT molecular complexity index is 57.1. The van der Waals surface area contributed by atoms with Crippen LogP contribution in [0, 0.1) is 0 Å². The highest BCUT2D eigenvalue weighted by molar-refractivity contribution is 6.31. The molecule has 1 N–H and O–H groups in total. The van der Waals surface area contributed by atoms with Crippen molar-refractivity contribution in [3.8, 4) is 0 Å². The van der Waals surface area contributed by atoms with Crippen molar-refractivity contribution >= 4 is 11.6 Å². The molecule has 2 heteroatoms. The van der Waals surface area contributed by atoms with Gasteiger partial charge in [-0.2, -0.15) is 0 Å². The molecule has 0 spiro atoms. The Labute approximate surface area is 29.3 Å². The molecule has 0 aliphatic carbocycles. The zero-order valence-corrected chi connectivity index (χ0v) is 2.71. The summed E-state index contributed by atoms with van der Waals surface area (Å²) in [5.74, 6) is 0. The fourth-order valence-electron chi connectivity index (χ4n) is 0.0273. The van der Waals surface area contributed by atoms with Gasteiger partial charge in [0.25, 0.3) is 0 Å². The van der Waals surface area contributed by atoms with Gasteiger partial charge in [-0.1, -0.05) is 11.6 Å². The van der Waals surface area contributed by atoms with Gasteiger partial charge in [0, 0.05) is 6.20 Å². The molecule has 0 aromatic carbocycles. The Morgan fingerprint density at radius 1 is 2.00 bits per heavy atom. The topological polar surface area (TPSA) is 21.9 Å². The van der Waals surface area contributed by atoms with E-state index < -0.39 is 0 Å². The van der Waals surface area contributed by atoms with Crippen LogP contribution in [0.3, 0.4) is 0 Å². The summed E-state index contributed by atoms with van der Waals surface area (Å²) in [4.78, 5) is 0.